The Balaban J connectivity index is 1.74. The molecule has 21 heavy (non-hydrogen) atoms. The highest BCUT2D eigenvalue weighted by molar-refractivity contribution is 6.33. The lowest BCUT2D eigenvalue weighted by Crippen LogP contribution is -2.27. The Bertz CT molecular complexity index is 653. The Morgan fingerprint density at radius 2 is 2.14 bits per heavy atom. The van der Waals surface area contributed by atoms with Crippen molar-refractivity contribution in [2.45, 2.75) is 31.5 Å². The number of hydrogen-bond donors (Lipinski definition) is 2. The van der Waals surface area contributed by atoms with Gasteiger partial charge in [-0.05, 0) is 30.9 Å². The minimum absolute atomic E-state index is 0.0252. The van der Waals surface area contributed by atoms with Gasteiger partial charge in [-0.15, -0.1) is 0 Å². The lowest BCUT2D eigenvalue weighted by atomic mass is 9.93. The van der Waals surface area contributed by atoms with Crippen molar-refractivity contribution in [2.75, 3.05) is 5.32 Å². The van der Waals surface area contributed by atoms with Crippen LogP contribution < -0.4 is 5.32 Å². The van der Waals surface area contributed by atoms with E-state index in [1.54, 1.807) is 6.20 Å². The molecule has 2 heterocycles. The molecule has 0 amide bonds. The van der Waals surface area contributed by atoms with Crippen LogP contribution in [0.3, 0.4) is 0 Å². The lowest BCUT2D eigenvalue weighted by Gasteiger charge is -2.24. The molecule has 0 aliphatic heterocycles. The summed E-state index contributed by atoms with van der Waals surface area (Å²) >= 11 is 5.89. The van der Waals surface area contributed by atoms with Gasteiger partial charge in [0.25, 0.3) is 0 Å². The smallest absolute Gasteiger partial charge is 0.366 e. The zero-order valence-corrected chi connectivity index (χ0v) is 11.6. The molecule has 0 bridgehead atoms. The third-order valence-electron chi connectivity index (χ3n) is 3.53. The number of pyridine rings is 1. The summed E-state index contributed by atoms with van der Waals surface area (Å²) in [5, 5.41) is 10.00. The maximum absolute atomic E-state index is 12.6. The molecule has 1 atom stereocenters. The molecule has 4 nitrogen and oxygen atoms in total. The van der Waals surface area contributed by atoms with Crippen molar-refractivity contribution in [1.82, 2.24) is 15.2 Å². The average Bonchev–Trinajstić information content (AvgIpc) is 2.87. The molecule has 0 fully saturated rings. The fourth-order valence-electron chi connectivity index (χ4n) is 2.43. The number of rotatable bonds is 2. The Morgan fingerprint density at radius 3 is 2.86 bits per heavy atom. The number of aryl methyl sites for hydroxylation is 1. The van der Waals surface area contributed by atoms with Crippen LogP contribution in [0.5, 0.6) is 0 Å². The number of anilines is 1. The van der Waals surface area contributed by atoms with Gasteiger partial charge in [-0.25, -0.2) is 4.98 Å². The minimum atomic E-state index is -4.44. The first-order valence-electron chi connectivity index (χ1n) is 6.44. The third kappa shape index (κ3) is 2.97. The molecule has 2 aromatic heterocycles. The first-order chi connectivity index (χ1) is 9.93. The van der Waals surface area contributed by atoms with Gasteiger partial charge in [-0.2, -0.15) is 18.3 Å². The standard InChI is InChI=1S/C13H12ClF3N4/c14-10-4-8(13(15,16)17)6-18-12(10)20-9-1-2-11-7(3-9)5-19-21-11/h4-6,9H,1-3H2,(H,18,20)(H,19,21). The number of nitrogens with zero attached hydrogens (tertiary/aromatic N) is 2. The van der Waals surface area contributed by atoms with E-state index >= 15 is 0 Å². The van der Waals surface area contributed by atoms with Gasteiger partial charge in [-0.1, -0.05) is 11.6 Å². The van der Waals surface area contributed by atoms with Crippen LogP contribution in [0.4, 0.5) is 19.0 Å². The molecule has 0 spiro atoms. The van der Waals surface area contributed by atoms with Gasteiger partial charge in [0.2, 0.25) is 0 Å². The maximum atomic E-state index is 12.6. The summed E-state index contributed by atoms with van der Waals surface area (Å²) in [7, 11) is 0. The lowest BCUT2D eigenvalue weighted by molar-refractivity contribution is -0.137. The largest absolute Gasteiger partial charge is 0.417 e. The molecule has 1 aliphatic carbocycles. The van der Waals surface area contributed by atoms with Crippen LogP contribution in [0.25, 0.3) is 0 Å². The third-order valence-corrected chi connectivity index (χ3v) is 3.81. The molecular formula is C13H12ClF3N4. The maximum Gasteiger partial charge on any atom is 0.417 e. The number of aromatic amines is 1. The Kier molecular flexibility index (Phi) is 3.52. The molecule has 8 heteroatoms. The zero-order valence-electron chi connectivity index (χ0n) is 10.8. The van der Waals surface area contributed by atoms with Crippen LogP contribution >= 0.6 is 11.6 Å². The van der Waals surface area contributed by atoms with E-state index in [4.69, 9.17) is 11.6 Å². The molecule has 1 aliphatic rings. The Labute approximate surface area is 123 Å². The average molecular weight is 317 g/mol. The van der Waals surface area contributed by atoms with E-state index in [9.17, 15) is 13.2 Å². The monoisotopic (exact) mass is 316 g/mol. The number of hydrogen-bond acceptors (Lipinski definition) is 3. The number of halogens is 4. The SMILES string of the molecule is FC(F)(F)c1cnc(NC2CCc3[nH]ncc3C2)c(Cl)c1. The van der Waals surface area contributed by atoms with Crippen LogP contribution in [0, 0.1) is 0 Å². The Morgan fingerprint density at radius 1 is 1.33 bits per heavy atom. The number of fused-ring (bicyclic) bond motifs is 1. The van der Waals surface area contributed by atoms with E-state index in [0.29, 0.717) is 0 Å². The highest BCUT2D eigenvalue weighted by Gasteiger charge is 2.32. The van der Waals surface area contributed by atoms with Gasteiger partial charge < -0.3 is 5.32 Å². The van der Waals surface area contributed by atoms with Crippen molar-refractivity contribution < 1.29 is 13.2 Å². The highest BCUT2D eigenvalue weighted by Crippen LogP contribution is 2.33. The fraction of sp³-hybridized carbons (Fsp3) is 0.385. The van der Waals surface area contributed by atoms with Gasteiger partial charge in [0.15, 0.2) is 0 Å². The molecule has 0 saturated heterocycles. The number of H-pyrrole nitrogens is 1. The second kappa shape index (κ2) is 5.22. The second-order valence-corrected chi connectivity index (χ2v) is 5.42. The predicted molar refractivity (Wildman–Crippen MR) is 72.3 cm³/mol. The van der Waals surface area contributed by atoms with Gasteiger partial charge in [0.1, 0.15) is 5.82 Å². The molecule has 1 unspecified atom stereocenters. The first kappa shape index (κ1) is 14.2. The molecule has 112 valence electrons. The minimum Gasteiger partial charge on any atom is -0.366 e. The summed E-state index contributed by atoms with van der Waals surface area (Å²) in [6, 6.07) is 0.972. The summed E-state index contributed by atoms with van der Waals surface area (Å²) in [6.45, 7) is 0. The summed E-state index contributed by atoms with van der Waals surface area (Å²) in [5.74, 6) is 0.279. The molecular weight excluding hydrogens is 305 g/mol. The second-order valence-electron chi connectivity index (χ2n) is 5.01. The van der Waals surface area contributed by atoms with E-state index in [2.05, 4.69) is 20.5 Å². The molecule has 2 aromatic rings. The number of aromatic nitrogens is 3. The summed E-state index contributed by atoms with van der Waals surface area (Å²) < 4.78 is 37.7. The fourth-order valence-corrected chi connectivity index (χ4v) is 2.65. The van der Waals surface area contributed by atoms with Crippen LogP contribution in [-0.2, 0) is 19.0 Å². The van der Waals surface area contributed by atoms with Gasteiger partial charge in [0.05, 0.1) is 16.8 Å². The topological polar surface area (TPSA) is 53.6 Å². The summed E-state index contributed by atoms with van der Waals surface area (Å²) in [5.41, 5.74) is 1.38. The van der Waals surface area contributed by atoms with E-state index in [0.717, 1.165) is 42.8 Å². The van der Waals surface area contributed by atoms with Crippen molar-refractivity contribution in [3.05, 3.63) is 40.3 Å². The quantitative estimate of drug-likeness (QED) is 0.892. The van der Waals surface area contributed by atoms with E-state index in [-0.39, 0.29) is 16.9 Å². The molecule has 0 aromatic carbocycles. The van der Waals surface area contributed by atoms with Gasteiger partial charge >= 0.3 is 6.18 Å². The first-order valence-corrected chi connectivity index (χ1v) is 6.81. The van der Waals surface area contributed by atoms with Crippen LogP contribution in [0.1, 0.15) is 23.2 Å². The van der Waals surface area contributed by atoms with Crippen molar-refractivity contribution >= 4 is 17.4 Å². The van der Waals surface area contributed by atoms with E-state index in [1.807, 2.05) is 0 Å². The van der Waals surface area contributed by atoms with E-state index in [1.165, 1.54) is 0 Å². The van der Waals surface area contributed by atoms with E-state index < -0.39 is 11.7 Å². The van der Waals surface area contributed by atoms with Crippen molar-refractivity contribution in [1.29, 1.82) is 0 Å². The molecule has 3 rings (SSSR count). The van der Waals surface area contributed by atoms with Crippen LogP contribution in [0.2, 0.25) is 5.02 Å². The van der Waals surface area contributed by atoms with Crippen molar-refractivity contribution in [3.63, 3.8) is 0 Å². The molecule has 0 saturated carbocycles. The van der Waals surface area contributed by atoms with Crippen molar-refractivity contribution in [3.8, 4) is 0 Å². The van der Waals surface area contributed by atoms with Crippen LogP contribution in [0.15, 0.2) is 18.5 Å². The number of nitrogens with one attached hydrogen (secondary N) is 2. The van der Waals surface area contributed by atoms with Crippen molar-refractivity contribution in [2.24, 2.45) is 0 Å². The van der Waals surface area contributed by atoms with Crippen LogP contribution in [-0.4, -0.2) is 21.2 Å². The number of alkyl halides is 3. The predicted octanol–water partition coefficient (Wildman–Crippen LogP) is 3.45. The van der Waals surface area contributed by atoms with Gasteiger partial charge in [0, 0.05) is 17.9 Å². The molecule has 0 radical (unpaired) electrons. The summed E-state index contributed by atoms with van der Waals surface area (Å²) in [6.07, 6.45) is 0.543. The van der Waals surface area contributed by atoms with Gasteiger partial charge in [-0.3, -0.25) is 5.10 Å². The molecule has 2 N–H and O–H groups in total. The summed E-state index contributed by atoms with van der Waals surface area (Å²) in [4.78, 5) is 3.80. The zero-order chi connectivity index (χ0) is 15.0. The normalized spacial score (nSPS) is 18.4. The Hall–Kier alpha value is -1.76. The highest BCUT2D eigenvalue weighted by atomic mass is 35.5.